The molecule has 0 aliphatic carbocycles. The number of nitrogens with one attached hydrogen (secondary N) is 1. The first kappa shape index (κ1) is 17.3. The molecule has 4 nitrogen and oxygen atoms in total. The van der Waals surface area contributed by atoms with Gasteiger partial charge in [0.15, 0.2) is 11.5 Å². The van der Waals surface area contributed by atoms with E-state index in [9.17, 15) is 5.26 Å². The summed E-state index contributed by atoms with van der Waals surface area (Å²) < 4.78 is 11.5. The van der Waals surface area contributed by atoms with Crippen LogP contribution in [0.15, 0.2) is 24.3 Å². The van der Waals surface area contributed by atoms with Crippen molar-refractivity contribution >= 4 is 0 Å². The normalized spacial score (nSPS) is 15.1. The molecule has 2 atom stereocenters. The number of hydrogen-bond donors (Lipinski definition) is 1. The number of rotatable bonds is 8. The summed E-state index contributed by atoms with van der Waals surface area (Å²) in [6.45, 7) is 10.5. The van der Waals surface area contributed by atoms with Gasteiger partial charge in [-0.3, -0.25) is 5.32 Å². The van der Waals surface area contributed by atoms with E-state index in [-0.39, 0.29) is 12.1 Å². The largest absolute Gasteiger partial charge is 0.490 e. The van der Waals surface area contributed by atoms with Crippen LogP contribution in [0.3, 0.4) is 0 Å². The Morgan fingerprint density at radius 3 is 2.38 bits per heavy atom. The van der Waals surface area contributed by atoms with Crippen molar-refractivity contribution in [1.82, 2.24) is 5.32 Å². The van der Waals surface area contributed by atoms with E-state index < -0.39 is 5.54 Å². The molecular weight excluding hydrogens is 264 g/mol. The number of nitriles is 1. The summed E-state index contributed by atoms with van der Waals surface area (Å²) in [5.41, 5.74) is -0.603. The molecular formula is C17H26N2O2. The molecule has 0 saturated heterocycles. The first-order valence-electron chi connectivity index (χ1n) is 7.47. The fraction of sp³-hybridized carbons (Fsp3) is 0.588. The van der Waals surface area contributed by atoms with Crippen molar-refractivity contribution < 1.29 is 9.47 Å². The highest BCUT2D eigenvalue weighted by atomic mass is 16.5. The molecule has 0 saturated carbocycles. The molecule has 0 bridgehead atoms. The third-order valence-electron chi connectivity index (χ3n) is 3.03. The predicted molar refractivity (Wildman–Crippen MR) is 84.6 cm³/mol. The van der Waals surface area contributed by atoms with E-state index in [0.29, 0.717) is 13.0 Å². The van der Waals surface area contributed by atoms with Gasteiger partial charge >= 0.3 is 0 Å². The second-order valence-corrected chi connectivity index (χ2v) is 5.76. The molecule has 21 heavy (non-hydrogen) atoms. The van der Waals surface area contributed by atoms with Crippen molar-refractivity contribution in [2.45, 2.75) is 58.7 Å². The lowest BCUT2D eigenvalue weighted by atomic mass is 9.95. The number of benzene rings is 1. The Morgan fingerprint density at radius 1 is 1.24 bits per heavy atom. The van der Waals surface area contributed by atoms with Gasteiger partial charge in [0, 0.05) is 12.5 Å². The molecule has 0 spiro atoms. The number of para-hydroxylation sites is 2. The van der Waals surface area contributed by atoms with Gasteiger partial charge in [-0.25, -0.2) is 0 Å². The molecule has 1 N–H and O–H groups in total. The highest BCUT2D eigenvalue weighted by Crippen LogP contribution is 2.28. The van der Waals surface area contributed by atoms with Crippen LogP contribution < -0.4 is 14.8 Å². The molecule has 116 valence electrons. The zero-order chi connectivity index (χ0) is 15.9. The number of nitrogens with zero attached hydrogens (tertiary/aromatic N) is 1. The zero-order valence-electron chi connectivity index (χ0n) is 13.6. The van der Waals surface area contributed by atoms with Gasteiger partial charge < -0.3 is 9.47 Å². The third kappa shape index (κ3) is 5.65. The van der Waals surface area contributed by atoms with Gasteiger partial charge in [0.25, 0.3) is 0 Å². The van der Waals surface area contributed by atoms with E-state index in [1.807, 2.05) is 58.9 Å². The van der Waals surface area contributed by atoms with Gasteiger partial charge in [-0.05, 0) is 46.8 Å². The Kier molecular flexibility index (Phi) is 6.51. The second-order valence-electron chi connectivity index (χ2n) is 5.76. The first-order chi connectivity index (χ1) is 9.90. The van der Waals surface area contributed by atoms with E-state index in [1.54, 1.807) is 0 Å². The summed E-state index contributed by atoms with van der Waals surface area (Å²) in [5.74, 6) is 1.46. The number of ether oxygens (including phenoxy) is 2. The Bertz CT molecular complexity index is 482. The fourth-order valence-electron chi connectivity index (χ4n) is 2.43. The van der Waals surface area contributed by atoms with Crippen molar-refractivity contribution in [3.63, 3.8) is 0 Å². The average Bonchev–Trinajstić information content (AvgIpc) is 2.40. The van der Waals surface area contributed by atoms with Crippen molar-refractivity contribution in [3.05, 3.63) is 24.3 Å². The Labute approximate surface area is 128 Å². The van der Waals surface area contributed by atoms with Crippen LogP contribution in [0.25, 0.3) is 0 Å². The van der Waals surface area contributed by atoms with Gasteiger partial charge in [-0.1, -0.05) is 12.1 Å². The summed E-state index contributed by atoms with van der Waals surface area (Å²) in [6, 6.07) is 10.2. The molecule has 0 aliphatic rings. The van der Waals surface area contributed by atoms with Gasteiger partial charge in [0.05, 0.1) is 18.8 Å². The average molecular weight is 290 g/mol. The van der Waals surface area contributed by atoms with Crippen molar-refractivity contribution in [1.29, 1.82) is 5.26 Å². The lowest BCUT2D eigenvalue weighted by Crippen LogP contribution is -2.47. The quantitative estimate of drug-likeness (QED) is 0.796. The monoisotopic (exact) mass is 290 g/mol. The minimum atomic E-state index is -0.603. The van der Waals surface area contributed by atoms with E-state index in [1.165, 1.54) is 0 Å². The van der Waals surface area contributed by atoms with Crippen molar-refractivity contribution in [2.24, 2.45) is 0 Å². The fourth-order valence-corrected chi connectivity index (χ4v) is 2.43. The molecule has 1 rings (SSSR count). The maximum absolute atomic E-state index is 9.40. The molecule has 0 aliphatic heterocycles. The van der Waals surface area contributed by atoms with Crippen LogP contribution >= 0.6 is 0 Å². The molecule has 4 heteroatoms. The summed E-state index contributed by atoms with van der Waals surface area (Å²) in [7, 11) is 0. The summed E-state index contributed by atoms with van der Waals surface area (Å²) in [4.78, 5) is 0. The van der Waals surface area contributed by atoms with Crippen molar-refractivity contribution in [2.75, 3.05) is 6.61 Å². The highest BCUT2D eigenvalue weighted by molar-refractivity contribution is 5.39. The highest BCUT2D eigenvalue weighted by Gasteiger charge is 2.28. The van der Waals surface area contributed by atoms with Crippen LogP contribution in [0.5, 0.6) is 11.5 Å². The molecule has 0 aromatic heterocycles. The minimum Gasteiger partial charge on any atom is -0.490 e. The molecule has 0 heterocycles. The summed E-state index contributed by atoms with van der Waals surface area (Å²) in [6.07, 6.45) is 0.504. The van der Waals surface area contributed by atoms with E-state index >= 15 is 0 Å². The van der Waals surface area contributed by atoms with Gasteiger partial charge in [0.1, 0.15) is 5.54 Å². The second kappa shape index (κ2) is 7.90. The van der Waals surface area contributed by atoms with E-state index in [4.69, 9.17) is 9.47 Å². The first-order valence-corrected chi connectivity index (χ1v) is 7.47. The maximum atomic E-state index is 9.40. The lowest BCUT2D eigenvalue weighted by molar-refractivity contribution is 0.168. The lowest BCUT2D eigenvalue weighted by Gasteiger charge is -2.29. The predicted octanol–water partition coefficient (Wildman–Crippen LogP) is 3.52. The molecule has 0 fully saturated rings. The molecule has 0 radical (unpaired) electrons. The SMILES string of the molecule is CCOc1ccccc1OC(C)CC(C)(C#N)NC(C)C. The Balaban J connectivity index is 2.73. The molecule has 0 amide bonds. The summed E-state index contributed by atoms with van der Waals surface area (Å²) >= 11 is 0. The van der Waals surface area contributed by atoms with E-state index in [0.717, 1.165) is 11.5 Å². The van der Waals surface area contributed by atoms with Gasteiger partial charge in [-0.15, -0.1) is 0 Å². The third-order valence-corrected chi connectivity index (χ3v) is 3.03. The number of hydrogen-bond acceptors (Lipinski definition) is 4. The topological polar surface area (TPSA) is 54.3 Å². The minimum absolute atomic E-state index is 0.0949. The molecule has 1 aromatic rings. The maximum Gasteiger partial charge on any atom is 0.161 e. The van der Waals surface area contributed by atoms with Crippen LogP contribution in [-0.2, 0) is 0 Å². The molecule has 1 aromatic carbocycles. The summed E-state index contributed by atoms with van der Waals surface area (Å²) in [5, 5.41) is 12.7. The zero-order valence-corrected chi connectivity index (χ0v) is 13.6. The van der Waals surface area contributed by atoms with E-state index in [2.05, 4.69) is 11.4 Å². The standard InChI is InChI=1S/C17H26N2O2/c1-6-20-15-9-7-8-10-16(15)21-14(4)11-17(5,12-18)19-13(2)3/h7-10,13-14,19H,6,11H2,1-5H3. The van der Waals surface area contributed by atoms with Gasteiger partial charge in [0.2, 0.25) is 0 Å². The van der Waals surface area contributed by atoms with Crippen LogP contribution in [0.1, 0.15) is 41.0 Å². The van der Waals surface area contributed by atoms with Gasteiger partial charge in [-0.2, -0.15) is 5.26 Å². The van der Waals surface area contributed by atoms with Crippen LogP contribution in [0.2, 0.25) is 0 Å². The van der Waals surface area contributed by atoms with Crippen LogP contribution in [-0.4, -0.2) is 24.3 Å². The smallest absolute Gasteiger partial charge is 0.161 e. The Morgan fingerprint density at radius 2 is 1.86 bits per heavy atom. The van der Waals surface area contributed by atoms with Crippen molar-refractivity contribution in [3.8, 4) is 17.6 Å². The van der Waals surface area contributed by atoms with Crippen LogP contribution in [0.4, 0.5) is 0 Å². The van der Waals surface area contributed by atoms with Crippen LogP contribution in [0, 0.1) is 11.3 Å². The molecule has 2 unspecified atom stereocenters. The Hall–Kier alpha value is -1.73.